The van der Waals surface area contributed by atoms with Gasteiger partial charge in [0.15, 0.2) is 0 Å². The highest BCUT2D eigenvalue weighted by molar-refractivity contribution is 7.89. The predicted molar refractivity (Wildman–Crippen MR) is 77.2 cm³/mol. The van der Waals surface area contributed by atoms with Gasteiger partial charge >= 0.3 is 0 Å². The van der Waals surface area contributed by atoms with Crippen LogP contribution in [0.25, 0.3) is 0 Å². The van der Waals surface area contributed by atoms with Crippen LogP contribution in [0.5, 0.6) is 0 Å². The molecule has 1 aliphatic carbocycles. The van der Waals surface area contributed by atoms with E-state index in [1.807, 2.05) is 19.1 Å². The summed E-state index contributed by atoms with van der Waals surface area (Å²) in [6.45, 7) is 2.61. The molecule has 1 aromatic carbocycles. The number of nitrogens with one attached hydrogen (secondary N) is 1. The Bertz CT molecular complexity index is 591. The average Bonchev–Trinajstić information content (AvgIpc) is 3.08. The van der Waals surface area contributed by atoms with Crippen molar-refractivity contribution in [3.05, 3.63) is 29.3 Å². The van der Waals surface area contributed by atoms with Gasteiger partial charge in [-0.15, -0.1) is 0 Å². The second-order valence-electron chi connectivity index (χ2n) is 5.75. The van der Waals surface area contributed by atoms with Crippen LogP contribution in [0.2, 0.25) is 0 Å². The first-order chi connectivity index (χ1) is 9.56. The van der Waals surface area contributed by atoms with Gasteiger partial charge in [-0.3, -0.25) is 0 Å². The molecule has 1 fully saturated rings. The van der Waals surface area contributed by atoms with Gasteiger partial charge in [-0.05, 0) is 62.3 Å². The van der Waals surface area contributed by atoms with Gasteiger partial charge in [0, 0.05) is 12.6 Å². The van der Waals surface area contributed by atoms with Crippen LogP contribution in [0.4, 0.5) is 0 Å². The second kappa shape index (κ2) is 5.47. The third kappa shape index (κ3) is 2.75. The number of hydrogen-bond donors (Lipinski definition) is 1. The highest BCUT2D eigenvalue weighted by Crippen LogP contribution is 2.25. The molecule has 0 bridgehead atoms. The average molecular weight is 295 g/mol. The summed E-state index contributed by atoms with van der Waals surface area (Å²) in [5.74, 6) is 0. The van der Waals surface area contributed by atoms with Crippen molar-refractivity contribution in [2.75, 3.05) is 6.61 Å². The van der Waals surface area contributed by atoms with Gasteiger partial charge in [0.2, 0.25) is 10.0 Å². The van der Waals surface area contributed by atoms with Crippen molar-refractivity contribution in [3.63, 3.8) is 0 Å². The Kier molecular flexibility index (Phi) is 3.84. The van der Waals surface area contributed by atoms with E-state index in [9.17, 15) is 8.42 Å². The SMILES string of the molecule is C[C@@H](NS(=O)(=O)c1ccc2c(c1)CCC2)[C@@H]1CCCO1. The second-order valence-corrected chi connectivity index (χ2v) is 7.46. The molecule has 1 saturated heterocycles. The fourth-order valence-electron chi connectivity index (χ4n) is 3.10. The van der Waals surface area contributed by atoms with Crippen LogP contribution in [0.1, 0.15) is 37.3 Å². The minimum absolute atomic E-state index is 0.000739. The molecule has 110 valence electrons. The Morgan fingerprint density at radius 1 is 1.25 bits per heavy atom. The van der Waals surface area contributed by atoms with Crippen molar-refractivity contribution in [1.29, 1.82) is 0 Å². The van der Waals surface area contributed by atoms with E-state index < -0.39 is 10.0 Å². The van der Waals surface area contributed by atoms with Gasteiger partial charge in [0.25, 0.3) is 0 Å². The molecule has 1 aromatic rings. The molecule has 2 atom stereocenters. The number of rotatable bonds is 4. The molecule has 3 rings (SSSR count). The molecule has 1 heterocycles. The zero-order chi connectivity index (χ0) is 14.2. The fraction of sp³-hybridized carbons (Fsp3) is 0.600. The van der Waals surface area contributed by atoms with E-state index in [-0.39, 0.29) is 12.1 Å². The maximum atomic E-state index is 12.4. The topological polar surface area (TPSA) is 55.4 Å². The summed E-state index contributed by atoms with van der Waals surface area (Å²) in [6, 6.07) is 5.31. The number of sulfonamides is 1. The zero-order valence-corrected chi connectivity index (χ0v) is 12.6. The van der Waals surface area contributed by atoms with Crippen molar-refractivity contribution in [2.24, 2.45) is 0 Å². The third-order valence-electron chi connectivity index (χ3n) is 4.24. The Morgan fingerprint density at radius 3 is 2.80 bits per heavy atom. The van der Waals surface area contributed by atoms with Gasteiger partial charge < -0.3 is 4.74 Å². The van der Waals surface area contributed by atoms with Crippen LogP contribution in [0, 0.1) is 0 Å². The number of hydrogen-bond acceptors (Lipinski definition) is 3. The van der Waals surface area contributed by atoms with Crippen LogP contribution in [-0.4, -0.2) is 27.2 Å². The summed E-state index contributed by atoms with van der Waals surface area (Å²) in [7, 11) is -3.45. The molecular weight excluding hydrogens is 274 g/mol. The van der Waals surface area contributed by atoms with E-state index in [0.717, 1.165) is 38.7 Å². The summed E-state index contributed by atoms with van der Waals surface area (Å²) < 4.78 is 33.2. The molecule has 20 heavy (non-hydrogen) atoms. The predicted octanol–water partition coefficient (Wildman–Crippen LogP) is 2.02. The molecule has 0 aromatic heterocycles. The van der Waals surface area contributed by atoms with Gasteiger partial charge in [-0.25, -0.2) is 13.1 Å². The number of ether oxygens (including phenoxy) is 1. The minimum Gasteiger partial charge on any atom is -0.377 e. The number of benzene rings is 1. The molecule has 1 aliphatic heterocycles. The lowest BCUT2D eigenvalue weighted by Crippen LogP contribution is -2.40. The molecule has 0 unspecified atom stereocenters. The monoisotopic (exact) mass is 295 g/mol. The molecule has 5 heteroatoms. The molecule has 0 saturated carbocycles. The van der Waals surface area contributed by atoms with Crippen LogP contribution in [-0.2, 0) is 27.6 Å². The van der Waals surface area contributed by atoms with Crippen LogP contribution < -0.4 is 4.72 Å². The highest BCUT2D eigenvalue weighted by atomic mass is 32.2. The lowest BCUT2D eigenvalue weighted by Gasteiger charge is -2.20. The lowest BCUT2D eigenvalue weighted by atomic mass is 10.1. The molecule has 1 N–H and O–H groups in total. The molecule has 4 nitrogen and oxygen atoms in total. The van der Waals surface area contributed by atoms with Crippen molar-refractivity contribution >= 4 is 10.0 Å². The maximum Gasteiger partial charge on any atom is 0.240 e. The first kappa shape index (κ1) is 14.0. The lowest BCUT2D eigenvalue weighted by molar-refractivity contribution is 0.0902. The minimum atomic E-state index is -3.45. The summed E-state index contributed by atoms with van der Waals surface area (Å²) in [5.41, 5.74) is 2.47. The van der Waals surface area contributed by atoms with Crippen molar-refractivity contribution in [2.45, 2.75) is 56.1 Å². The Labute approximate surface area is 120 Å². The highest BCUT2D eigenvalue weighted by Gasteiger charge is 2.27. The largest absolute Gasteiger partial charge is 0.377 e. The first-order valence-corrected chi connectivity index (χ1v) is 8.80. The van der Waals surface area contributed by atoms with Crippen LogP contribution in [0.15, 0.2) is 23.1 Å². The Morgan fingerprint density at radius 2 is 2.05 bits per heavy atom. The van der Waals surface area contributed by atoms with E-state index in [1.165, 1.54) is 11.1 Å². The van der Waals surface area contributed by atoms with E-state index in [0.29, 0.717) is 4.90 Å². The maximum absolute atomic E-state index is 12.4. The number of aryl methyl sites for hydroxylation is 2. The molecule has 0 spiro atoms. The Balaban J connectivity index is 1.77. The van der Waals surface area contributed by atoms with Crippen LogP contribution >= 0.6 is 0 Å². The first-order valence-electron chi connectivity index (χ1n) is 7.32. The summed E-state index contributed by atoms with van der Waals surface area (Å²) in [5, 5.41) is 0. The standard InChI is InChI=1S/C15H21NO3S/c1-11(15-6-3-9-19-15)16-20(17,18)14-8-7-12-4-2-5-13(12)10-14/h7-8,10-11,15-16H,2-6,9H2,1H3/t11-,15+/m1/s1. The van der Waals surface area contributed by atoms with E-state index in [2.05, 4.69) is 4.72 Å². The van der Waals surface area contributed by atoms with Gasteiger partial charge in [0.05, 0.1) is 11.0 Å². The fourth-order valence-corrected chi connectivity index (χ4v) is 4.42. The zero-order valence-electron chi connectivity index (χ0n) is 11.8. The molecule has 2 aliphatic rings. The van der Waals surface area contributed by atoms with E-state index >= 15 is 0 Å². The van der Waals surface area contributed by atoms with E-state index in [4.69, 9.17) is 4.74 Å². The molecule has 0 radical (unpaired) electrons. The normalized spacial score (nSPS) is 23.8. The van der Waals surface area contributed by atoms with Crippen molar-refractivity contribution < 1.29 is 13.2 Å². The van der Waals surface area contributed by atoms with Gasteiger partial charge in [-0.1, -0.05) is 6.07 Å². The van der Waals surface area contributed by atoms with Crippen LogP contribution in [0.3, 0.4) is 0 Å². The smallest absolute Gasteiger partial charge is 0.240 e. The Hall–Kier alpha value is -0.910. The van der Waals surface area contributed by atoms with Gasteiger partial charge in [0.1, 0.15) is 0 Å². The van der Waals surface area contributed by atoms with Crippen molar-refractivity contribution in [1.82, 2.24) is 4.72 Å². The quantitative estimate of drug-likeness (QED) is 0.924. The summed E-state index contributed by atoms with van der Waals surface area (Å²) >= 11 is 0. The third-order valence-corrected chi connectivity index (χ3v) is 5.80. The summed E-state index contributed by atoms with van der Waals surface area (Å²) in [4.78, 5) is 0.378. The summed E-state index contributed by atoms with van der Waals surface area (Å²) in [6.07, 6.45) is 5.11. The number of fused-ring (bicyclic) bond motifs is 1. The van der Waals surface area contributed by atoms with Crippen molar-refractivity contribution in [3.8, 4) is 0 Å². The van der Waals surface area contributed by atoms with Gasteiger partial charge in [-0.2, -0.15) is 0 Å². The molecule has 0 amide bonds. The van der Waals surface area contributed by atoms with E-state index in [1.54, 1.807) is 6.07 Å². The molecular formula is C15H21NO3S.